The van der Waals surface area contributed by atoms with Gasteiger partial charge in [-0.05, 0) is 54.7 Å². The molecule has 0 bridgehead atoms. The molecule has 0 saturated heterocycles. The van der Waals surface area contributed by atoms with Crippen LogP contribution in [0.2, 0.25) is 0 Å². The van der Waals surface area contributed by atoms with E-state index in [1.165, 1.54) is 0 Å². The molecule has 26 heavy (non-hydrogen) atoms. The van der Waals surface area contributed by atoms with Crippen LogP contribution in [0.15, 0.2) is 47.1 Å². The molecule has 1 aromatic carbocycles. The Morgan fingerprint density at radius 1 is 1.27 bits per heavy atom. The Morgan fingerprint density at radius 3 is 2.96 bits per heavy atom. The van der Waals surface area contributed by atoms with E-state index in [4.69, 9.17) is 19.4 Å². The first-order chi connectivity index (χ1) is 12.8. The van der Waals surface area contributed by atoms with Crippen molar-refractivity contribution in [2.75, 3.05) is 6.61 Å². The van der Waals surface area contributed by atoms with Crippen molar-refractivity contribution in [2.45, 2.75) is 19.3 Å². The van der Waals surface area contributed by atoms with Crippen LogP contribution in [0.1, 0.15) is 40.2 Å². The van der Waals surface area contributed by atoms with Crippen LogP contribution in [0.5, 0.6) is 0 Å². The summed E-state index contributed by atoms with van der Waals surface area (Å²) < 4.78 is 10.6. The SMILES string of the molecule is N#CCOC(=O)c1c2c(nc3ccccc13)/C(=C/c1ccco1)CCC2. The van der Waals surface area contributed by atoms with Gasteiger partial charge in [0.15, 0.2) is 6.61 Å². The third-order valence-electron chi connectivity index (χ3n) is 4.50. The Hall–Kier alpha value is -3.39. The minimum Gasteiger partial charge on any atom is -0.465 e. The number of fused-ring (bicyclic) bond motifs is 2. The van der Waals surface area contributed by atoms with E-state index in [1.54, 1.807) is 6.26 Å². The minimum atomic E-state index is -0.472. The Labute approximate surface area is 150 Å². The van der Waals surface area contributed by atoms with Crippen LogP contribution in [0.3, 0.4) is 0 Å². The highest BCUT2D eigenvalue weighted by Crippen LogP contribution is 2.36. The molecule has 1 aliphatic rings. The zero-order valence-electron chi connectivity index (χ0n) is 14.1. The molecule has 3 aromatic rings. The molecule has 0 amide bonds. The lowest BCUT2D eigenvalue weighted by Gasteiger charge is -2.22. The number of rotatable bonds is 3. The van der Waals surface area contributed by atoms with Crippen LogP contribution in [-0.2, 0) is 11.2 Å². The maximum atomic E-state index is 12.7. The molecule has 0 aliphatic heterocycles. The van der Waals surface area contributed by atoms with E-state index in [2.05, 4.69) is 0 Å². The number of nitrogens with zero attached hydrogens (tertiary/aromatic N) is 2. The van der Waals surface area contributed by atoms with E-state index >= 15 is 0 Å². The number of carbonyl (C=O) groups excluding carboxylic acids is 1. The molecule has 0 atom stereocenters. The number of nitriles is 1. The maximum Gasteiger partial charge on any atom is 0.340 e. The standard InChI is InChI=1S/C21H16N2O3/c22-10-12-26-21(24)19-16-7-1-2-9-18(16)23-20-14(5-3-8-17(19)20)13-15-6-4-11-25-15/h1-2,4,6-7,9,11,13H,3,5,8,12H2/b14-13+. The average Bonchev–Trinajstić information content (AvgIpc) is 3.18. The molecule has 4 rings (SSSR count). The van der Waals surface area contributed by atoms with E-state index < -0.39 is 5.97 Å². The summed E-state index contributed by atoms with van der Waals surface area (Å²) in [6.45, 7) is -0.265. The third-order valence-corrected chi connectivity index (χ3v) is 4.50. The van der Waals surface area contributed by atoms with Crippen LogP contribution >= 0.6 is 0 Å². The summed E-state index contributed by atoms with van der Waals surface area (Å²) >= 11 is 0. The number of benzene rings is 1. The van der Waals surface area contributed by atoms with Crippen LogP contribution in [0.25, 0.3) is 22.6 Å². The first kappa shape index (κ1) is 16.1. The Balaban J connectivity index is 1.93. The summed E-state index contributed by atoms with van der Waals surface area (Å²) in [4.78, 5) is 17.5. The minimum absolute atomic E-state index is 0.265. The van der Waals surface area contributed by atoms with Crippen molar-refractivity contribution in [2.24, 2.45) is 0 Å². The molecule has 0 spiro atoms. The number of carbonyl (C=O) groups is 1. The molecule has 2 aromatic heterocycles. The van der Waals surface area contributed by atoms with Crippen molar-refractivity contribution in [3.8, 4) is 6.07 Å². The first-order valence-corrected chi connectivity index (χ1v) is 8.48. The average molecular weight is 344 g/mol. The molecular formula is C21H16N2O3. The van der Waals surface area contributed by atoms with E-state index in [1.807, 2.05) is 48.5 Å². The van der Waals surface area contributed by atoms with Gasteiger partial charge in [-0.2, -0.15) is 5.26 Å². The topological polar surface area (TPSA) is 76.1 Å². The molecule has 0 radical (unpaired) electrons. The van der Waals surface area contributed by atoms with Gasteiger partial charge in [0.1, 0.15) is 11.8 Å². The number of esters is 1. The fraction of sp³-hybridized carbons (Fsp3) is 0.190. The fourth-order valence-electron chi connectivity index (χ4n) is 3.42. The second-order valence-corrected chi connectivity index (χ2v) is 6.10. The van der Waals surface area contributed by atoms with E-state index in [0.717, 1.165) is 52.8 Å². The van der Waals surface area contributed by atoms with Gasteiger partial charge in [-0.3, -0.25) is 0 Å². The predicted molar refractivity (Wildman–Crippen MR) is 97.2 cm³/mol. The first-order valence-electron chi connectivity index (χ1n) is 8.48. The lowest BCUT2D eigenvalue weighted by Crippen LogP contribution is -2.15. The summed E-state index contributed by atoms with van der Waals surface area (Å²) in [5.74, 6) is 0.289. The quantitative estimate of drug-likeness (QED) is 0.659. The lowest BCUT2D eigenvalue weighted by atomic mass is 9.86. The van der Waals surface area contributed by atoms with Gasteiger partial charge in [-0.1, -0.05) is 18.2 Å². The molecule has 0 unspecified atom stereocenters. The molecule has 5 nitrogen and oxygen atoms in total. The Kier molecular flexibility index (Phi) is 4.24. The van der Waals surface area contributed by atoms with Crippen LogP contribution in [-0.4, -0.2) is 17.6 Å². The third kappa shape index (κ3) is 2.86. The van der Waals surface area contributed by atoms with Crippen LogP contribution in [0, 0.1) is 11.3 Å². The highest BCUT2D eigenvalue weighted by atomic mass is 16.5. The van der Waals surface area contributed by atoms with Gasteiger partial charge in [0, 0.05) is 5.39 Å². The molecule has 128 valence electrons. The fourth-order valence-corrected chi connectivity index (χ4v) is 3.42. The summed E-state index contributed by atoms with van der Waals surface area (Å²) in [7, 11) is 0. The van der Waals surface area contributed by atoms with Crippen molar-refractivity contribution >= 4 is 28.5 Å². The van der Waals surface area contributed by atoms with Crippen molar-refractivity contribution in [1.29, 1.82) is 5.26 Å². The summed E-state index contributed by atoms with van der Waals surface area (Å²) in [6, 6.07) is 13.1. The highest BCUT2D eigenvalue weighted by molar-refractivity contribution is 6.06. The van der Waals surface area contributed by atoms with Gasteiger partial charge >= 0.3 is 5.97 Å². The van der Waals surface area contributed by atoms with Gasteiger partial charge in [0.05, 0.1) is 23.0 Å². The summed E-state index contributed by atoms with van der Waals surface area (Å²) in [5.41, 5.74) is 4.00. The molecule has 0 fully saturated rings. The van der Waals surface area contributed by atoms with Gasteiger partial charge in [-0.25, -0.2) is 9.78 Å². The number of pyridine rings is 1. The second kappa shape index (κ2) is 6.85. The zero-order valence-corrected chi connectivity index (χ0v) is 14.1. The monoisotopic (exact) mass is 344 g/mol. The van der Waals surface area contributed by atoms with Crippen LogP contribution < -0.4 is 0 Å². The molecule has 2 heterocycles. The second-order valence-electron chi connectivity index (χ2n) is 6.10. The molecule has 5 heteroatoms. The normalized spacial score (nSPS) is 14.8. The molecule has 1 aliphatic carbocycles. The number of hydrogen-bond acceptors (Lipinski definition) is 5. The van der Waals surface area contributed by atoms with Crippen molar-refractivity contribution in [3.63, 3.8) is 0 Å². The van der Waals surface area contributed by atoms with E-state index in [0.29, 0.717) is 5.56 Å². The number of para-hydroxylation sites is 1. The number of hydrogen-bond donors (Lipinski definition) is 0. The predicted octanol–water partition coefficient (Wildman–Crippen LogP) is 4.39. The van der Waals surface area contributed by atoms with Gasteiger partial charge in [0.25, 0.3) is 0 Å². The zero-order chi connectivity index (χ0) is 17.9. The Bertz CT molecular complexity index is 1040. The Morgan fingerprint density at radius 2 is 2.15 bits per heavy atom. The van der Waals surface area contributed by atoms with Crippen molar-refractivity contribution < 1.29 is 13.9 Å². The summed E-state index contributed by atoms with van der Waals surface area (Å²) in [6.07, 6.45) is 6.14. The van der Waals surface area contributed by atoms with Gasteiger partial charge in [-0.15, -0.1) is 0 Å². The number of ether oxygens (including phenoxy) is 1. The van der Waals surface area contributed by atoms with E-state index in [9.17, 15) is 4.79 Å². The smallest absolute Gasteiger partial charge is 0.340 e. The molecular weight excluding hydrogens is 328 g/mol. The largest absolute Gasteiger partial charge is 0.465 e. The highest BCUT2D eigenvalue weighted by Gasteiger charge is 2.26. The number of allylic oxidation sites excluding steroid dienone is 1. The van der Waals surface area contributed by atoms with E-state index in [-0.39, 0.29) is 6.61 Å². The number of furan rings is 1. The van der Waals surface area contributed by atoms with Gasteiger partial charge in [0.2, 0.25) is 0 Å². The molecule has 0 N–H and O–H groups in total. The van der Waals surface area contributed by atoms with Crippen molar-refractivity contribution in [1.82, 2.24) is 4.98 Å². The van der Waals surface area contributed by atoms with Crippen LogP contribution in [0.4, 0.5) is 0 Å². The summed E-state index contributed by atoms with van der Waals surface area (Å²) in [5, 5.41) is 9.50. The van der Waals surface area contributed by atoms with Crippen molar-refractivity contribution in [3.05, 3.63) is 65.2 Å². The lowest BCUT2D eigenvalue weighted by molar-refractivity contribution is 0.0556. The molecule has 0 saturated carbocycles. The number of aromatic nitrogens is 1. The maximum absolute atomic E-state index is 12.7. The van der Waals surface area contributed by atoms with Gasteiger partial charge < -0.3 is 9.15 Å².